The molecule has 25 heavy (non-hydrogen) atoms. The molecule has 0 fully saturated rings. The van der Waals surface area contributed by atoms with Crippen LogP contribution < -0.4 is 10.2 Å². The predicted octanol–water partition coefficient (Wildman–Crippen LogP) is 2.88. The van der Waals surface area contributed by atoms with Crippen molar-refractivity contribution in [1.82, 2.24) is 14.9 Å². The SMILES string of the molecule is CN(CCNC(=O)c1cncn1-c1ccc(F)cc1)c1ccccc1. The quantitative estimate of drug-likeness (QED) is 0.752. The number of carbonyl (C=O) groups excluding carboxylic acids is 1. The number of hydrogen-bond acceptors (Lipinski definition) is 3. The van der Waals surface area contributed by atoms with E-state index in [9.17, 15) is 9.18 Å². The van der Waals surface area contributed by atoms with Crippen molar-refractivity contribution in [2.45, 2.75) is 0 Å². The molecule has 0 atom stereocenters. The van der Waals surface area contributed by atoms with Gasteiger partial charge in [0.2, 0.25) is 0 Å². The number of rotatable bonds is 6. The number of imidazole rings is 1. The number of benzene rings is 2. The molecule has 0 unspecified atom stereocenters. The van der Waals surface area contributed by atoms with E-state index >= 15 is 0 Å². The summed E-state index contributed by atoms with van der Waals surface area (Å²) in [5.41, 5.74) is 2.19. The van der Waals surface area contributed by atoms with Crippen LogP contribution in [-0.4, -0.2) is 35.6 Å². The van der Waals surface area contributed by atoms with Crippen LogP contribution in [0.5, 0.6) is 0 Å². The molecular formula is C19H19FN4O. The molecule has 0 spiro atoms. The van der Waals surface area contributed by atoms with Gasteiger partial charge in [-0.2, -0.15) is 0 Å². The standard InChI is InChI=1S/C19H19FN4O/c1-23(16-5-3-2-4-6-16)12-11-22-19(25)18-13-21-14-24(18)17-9-7-15(20)8-10-17/h2-10,13-14H,11-12H2,1H3,(H,22,25). The highest BCUT2D eigenvalue weighted by atomic mass is 19.1. The van der Waals surface area contributed by atoms with E-state index in [1.54, 1.807) is 16.7 Å². The number of nitrogens with zero attached hydrogens (tertiary/aromatic N) is 3. The largest absolute Gasteiger partial charge is 0.373 e. The molecule has 2 aromatic carbocycles. The van der Waals surface area contributed by atoms with Crippen molar-refractivity contribution in [3.63, 3.8) is 0 Å². The van der Waals surface area contributed by atoms with Crippen molar-refractivity contribution < 1.29 is 9.18 Å². The first-order valence-corrected chi connectivity index (χ1v) is 7.98. The molecule has 1 N–H and O–H groups in total. The molecule has 1 heterocycles. The van der Waals surface area contributed by atoms with E-state index in [1.807, 2.05) is 37.4 Å². The lowest BCUT2D eigenvalue weighted by Gasteiger charge is -2.19. The van der Waals surface area contributed by atoms with Gasteiger partial charge in [0, 0.05) is 31.5 Å². The maximum absolute atomic E-state index is 13.1. The van der Waals surface area contributed by atoms with E-state index in [1.165, 1.54) is 24.7 Å². The number of aromatic nitrogens is 2. The molecule has 0 bridgehead atoms. The maximum Gasteiger partial charge on any atom is 0.269 e. The maximum atomic E-state index is 13.1. The lowest BCUT2D eigenvalue weighted by molar-refractivity contribution is 0.0948. The molecule has 0 aliphatic heterocycles. The van der Waals surface area contributed by atoms with Gasteiger partial charge in [0.25, 0.3) is 5.91 Å². The average Bonchev–Trinajstić information content (AvgIpc) is 3.13. The number of nitrogens with one attached hydrogen (secondary N) is 1. The van der Waals surface area contributed by atoms with Crippen LogP contribution in [0.1, 0.15) is 10.5 Å². The van der Waals surface area contributed by atoms with E-state index in [2.05, 4.69) is 15.2 Å². The Morgan fingerprint density at radius 3 is 2.60 bits per heavy atom. The van der Waals surface area contributed by atoms with Crippen molar-refractivity contribution in [3.8, 4) is 5.69 Å². The fraction of sp³-hybridized carbons (Fsp3) is 0.158. The van der Waals surface area contributed by atoms with Crippen LogP contribution in [0.25, 0.3) is 5.69 Å². The molecule has 5 nitrogen and oxygen atoms in total. The monoisotopic (exact) mass is 338 g/mol. The molecule has 128 valence electrons. The molecule has 3 rings (SSSR count). The molecule has 0 aliphatic rings. The number of para-hydroxylation sites is 1. The number of likely N-dealkylation sites (N-methyl/N-ethyl adjacent to an activating group) is 1. The second kappa shape index (κ2) is 7.61. The molecular weight excluding hydrogens is 319 g/mol. The summed E-state index contributed by atoms with van der Waals surface area (Å²) in [5.74, 6) is -0.540. The van der Waals surface area contributed by atoms with Crippen LogP contribution >= 0.6 is 0 Å². The van der Waals surface area contributed by atoms with E-state index in [0.29, 0.717) is 24.5 Å². The summed E-state index contributed by atoms with van der Waals surface area (Å²) >= 11 is 0. The molecule has 0 saturated carbocycles. The number of amides is 1. The molecule has 1 amide bonds. The number of halogens is 1. The van der Waals surface area contributed by atoms with Gasteiger partial charge >= 0.3 is 0 Å². The molecule has 3 aromatic rings. The Morgan fingerprint density at radius 1 is 1.16 bits per heavy atom. The summed E-state index contributed by atoms with van der Waals surface area (Å²) in [6, 6.07) is 15.9. The van der Waals surface area contributed by atoms with Gasteiger partial charge in [-0.05, 0) is 36.4 Å². The molecule has 0 radical (unpaired) electrons. The van der Waals surface area contributed by atoms with Gasteiger partial charge in [-0.25, -0.2) is 9.37 Å². The van der Waals surface area contributed by atoms with Crippen LogP contribution in [0.3, 0.4) is 0 Å². The highest BCUT2D eigenvalue weighted by molar-refractivity contribution is 5.93. The number of hydrogen-bond donors (Lipinski definition) is 1. The summed E-state index contributed by atoms with van der Waals surface area (Å²) in [4.78, 5) is 18.5. The minimum Gasteiger partial charge on any atom is -0.373 e. The Labute approximate surface area is 145 Å². The second-order valence-corrected chi connectivity index (χ2v) is 5.64. The Bertz CT molecular complexity index is 830. The third-order valence-corrected chi connectivity index (χ3v) is 3.91. The highest BCUT2D eigenvalue weighted by Gasteiger charge is 2.13. The van der Waals surface area contributed by atoms with Gasteiger partial charge in [0.1, 0.15) is 11.5 Å². The van der Waals surface area contributed by atoms with Crippen LogP contribution in [0.4, 0.5) is 10.1 Å². The van der Waals surface area contributed by atoms with Gasteiger partial charge in [0.15, 0.2) is 0 Å². The minimum atomic E-state index is -0.321. The number of carbonyl (C=O) groups is 1. The number of anilines is 1. The second-order valence-electron chi connectivity index (χ2n) is 5.64. The zero-order chi connectivity index (χ0) is 17.6. The first-order valence-electron chi connectivity index (χ1n) is 7.98. The minimum absolute atomic E-state index is 0.219. The molecule has 0 saturated heterocycles. The summed E-state index contributed by atoms with van der Waals surface area (Å²) in [6.45, 7) is 1.18. The molecule has 1 aromatic heterocycles. The molecule has 0 aliphatic carbocycles. The summed E-state index contributed by atoms with van der Waals surface area (Å²) in [7, 11) is 1.98. The van der Waals surface area contributed by atoms with E-state index in [0.717, 1.165) is 5.69 Å². The average molecular weight is 338 g/mol. The zero-order valence-electron chi connectivity index (χ0n) is 13.9. The first-order chi connectivity index (χ1) is 12.1. The summed E-state index contributed by atoms with van der Waals surface area (Å²) in [5, 5.41) is 2.89. The van der Waals surface area contributed by atoms with Crippen LogP contribution in [0.2, 0.25) is 0 Å². The topological polar surface area (TPSA) is 50.2 Å². The van der Waals surface area contributed by atoms with Crippen molar-refractivity contribution in [2.24, 2.45) is 0 Å². The highest BCUT2D eigenvalue weighted by Crippen LogP contribution is 2.12. The van der Waals surface area contributed by atoms with Gasteiger partial charge in [-0.3, -0.25) is 9.36 Å². The van der Waals surface area contributed by atoms with E-state index < -0.39 is 0 Å². The fourth-order valence-corrected chi connectivity index (χ4v) is 2.51. The lowest BCUT2D eigenvalue weighted by Crippen LogP contribution is -2.33. The van der Waals surface area contributed by atoms with Crippen molar-refractivity contribution in [3.05, 3.63) is 78.6 Å². The Balaban J connectivity index is 1.61. The van der Waals surface area contributed by atoms with Crippen molar-refractivity contribution in [2.75, 3.05) is 25.0 Å². The van der Waals surface area contributed by atoms with Crippen molar-refractivity contribution >= 4 is 11.6 Å². The first kappa shape index (κ1) is 16.7. The third kappa shape index (κ3) is 4.03. The fourth-order valence-electron chi connectivity index (χ4n) is 2.51. The van der Waals surface area contributed by atoms with Gasteiger partial charge in [-0.15, -0.1) is 0 Å². The van der Waals surface area contributed by atoms with E-state index in [4.69, 9.17) is 0 Å². The van der Waals surface area contributed by atoms with Crippen LogP contribution in [0, 0.1) is 5.82 Å². The Kier molecular flexibility index (Phi) is 5.09. The molecule has 6 heteroatoms. The smallest absolute Gasteiger partial charge is 0.269 e. The predicted molar refractivity (Wildman–Crippen MR) is 95.6 cm³/mol. The summed E-state index contributed by atoms with van der Waals surface area (Å²) < 4.78 is 14.7. The normalized spacial score (nSPS) is 10.5. The van der Waals surface area contributed by atoms with Gasteiger partial charge < -0.3 is 10.2 Å². The van der Waals surface area contributed by atoms with Crippen LogP contribution in [0.15, 0.2) is 67.1 Å². The van der Waals surface area contributed by atoms with E-state index in [-0.39, 0.29) is 11.7 Å². The zero-order valence-corrected chi connectivity index (χ0v) is 13.9. The third-order valence-electron chi connectivity index (χ3n) is 3.91. The Morgan fingerprint density at radius 2 is 1.88 bits per heavy atom. The van der Waals surface area contributed by atoms with Crippen LogP contribution in [-0.2, 0) is 0 Å². The van der Waals surface area contributed by atoms with Gasteiger partial charge in [0.05, 0.1) is 12.5 Å². The van der Waals surface area contributed by atoms with Gasteiger partial charge in [-0.1, -0.05) is 18.2 Å². The lowest BCUT2D eigenvalue weighted by atomic mass is 10.3. The van der Waals surface area contributed by atoms with Crippen molar-refractivity contribution in [1.29, 1.82) is 0 Å². The summed E-state index contributed by atoms with van der Waals surface area (Å²) in [6.07, 6.45) is 3.04. The Hall–Kier alpha value is -3.15.